The molecule has 1 aliphatic rings. The zero-order valence-corrected chi connectivity index (χ0v) is 9.41. The second-order valence-electron chi connectivity index (χ2n) is 4.15. The molecule has 0 saturated carbocycles. The summed E-state index contributed by atoms with van der Waals surface area (Å²) < 4.78 is 5.66. The molecule has 0 spiro atoms. The molecule has 0 atom stereocenters. The van der Waals surface area contributed by atoms with Crippen LogP contribution in [0.25, 0.3) is 0 Å². The lowest BCUT2D eigenvalue weighted by Crippen LogP contribution is -2.25. The molecule has 1 heterocycles. The quantitative estimate of drug-likeness (QED) is 0.752. The van der Waals surface area contributed by atoms with Crippen molar-refractivity contribution in [2.75, 3.05) is 13.3 Å². The third-order valence-corrected chi connectivity index (χ3v) is 2.87. The molecule has 2 rings (SSSR count). The van der Waals surface area contributed by atoms with Crippen molar-refractivity contribution in [1.29, 1.82) is 0 Å². The first kappa shape index (κ1) is 10.7. The summed E-state index contributed by atoms with van der Waals surface area (Å²) in [7, 11) is 0. The fourth-order valence-corrected chi connectivity index (χ4v) is 1.95. The van der Waals surface area contributed by atoms with E-state index in [1.807, 2.05) is 0 Å². The van der Waals surface area contributed by atoms with Gasteiger partial charge in [-0.25, -0.2) is 0 Å². The van der Waals surface area contributed by atoms with Gasteiger partial charge in [0.15, 0.2) is 0 Å². The van der Waals surface area contributed by atoms with E-state index < -0.39 is 0 Å². The predicted molar refractivity (Wildman–Crippen MR) is 61.4 cm³/mol. The van der Waals surface area contributed by atoms with Crippen molar-refractivity contribution in [3.05, 3.63) is 35.4 Å². The van der Waals surface area contributed by atoms with E-state index in [4.69, 9.17) is 4.74 Å². The summed E-state index contributed by atoms with van der Waals surface area (Å²) in [4.78, 5) is 2.38. The molecule has 0 fully saturated rings. The molecule has 1 aliphatic heterocycles. The average molecular weight is 205 g/mol. The van der Waals surface area contributed by atoms with Gasteiger partial charge in [-0.15, -0.1) is 0 Å². The second kappa shape index (κ2) is 5.29. The minimum Gasteiger partial charge on any atom is -0.361 e. The van der Waals surface area contributed by atoms with Crippen molar-refractivity contribution in [3.8, 4) is 0 Å². The SMILES string of the molecule is CCCCN1COCc2ccccc2C1. The van der Waals surface area contributed by atoms with Gasteiger partial charge in [-0.3, -0.25) is 4.90 Å². The first-order chi connectivity index (χ1) is 7.40. The van der Waals surface area contributed by atoms with Crippen molar-refractivity contribution in [2.24, 2.45) is 0 Å². The van der Waals surface area contributed by atoms with E-state index >= 15 is 0 Å². The van der Waals surface area contributed by atoms with Crippen LogP contribution in [0.1, 0.15) is 30.9 Å². The average Bonchev–Trinajstić information content (AvgIpc) is 2.47. The van der Waals surface area contributed by atoms with Crippen LogP contribution in [0.3, 0.4) is 0 Å². The molecule has 1 aromatic rings. The summed E-state index contributed by atoms with van der Waals surface area (Å²) in [6, 6.07) is 8.58. The van der Waals surface area contributed by atoms with E-state index in [9.17, 15) is 0 Å². The molecule has 2 heteroatoms. The minimum absolute atomic E-state index is 0.763. The van der Waals surface area contributed by atoms with Crippen LogP contribution in [-0.2, 0) is 17.9 Å². The molecular formula is C13H19NO. The van der Waals surface area contributed by atoms with Gasteiger partial charge in [0.2, 0.25) is 0 Å². The molecule has 2 nitrogen and oxygen atoms in total. The molecule has 0 unspecified atom stereocenters. The van der Waals surface area contributed by atoms with Crippen LogP contribution in [0.4, 0.5) is 0 Å². The highest BCUT2D eigenvalue weighted by molar-refractivity contribution is 5.26. The van der Waals surface area contributed by atoms with Crippen LogP contribution < -0.4 is 0 Å². The maximum absolute atomic E-state index is 5.66. The Bertz CT molecular complexity index is 309. The maximum Gasteiger partial charge on any atom is 0.0997 e. The van der Waals surface area contributed by atoms with Gasteiger partial charge in [-0.1, -0.05) is 37.6 Å². The normalized spacial score (nSPS) is 17.1. The van der Waals surface area contributed by atoms with Gasteiger partial charge in [0.25, 0.3) is 0 Å². The Morgan fingerprint density at radius 2 is 2.07 bits per heavy atom. The zero-order chi connectivity index (χ0) is 10.5. The van der Waals surface area contributed by atoms with Crippen molar-refractivity contribution < 1.29 is 4.74 Å². The molecular weight excluding hydrogens is 186 g/mol. The maximum atomic E-state index is 5.66. The van der Waals surface area contributed by atoms with Crippen molar-refractivity contribution in [1.82, 2.24) is 4.90 Å². The number of rotatable bonds is 3. The topological polar surface area (TPSA) is 12.5 Å². The van der Waals surface area contributed by atoms with Gasteiger partial charge in [-0.2, -0.15) is 0 Å². The van der Waals surface area contributed by atoms with E-state index in [0.717, 1.165) is 26.4 Å². The second-order valence-corrected chi connectivity index (χ2v) is 4.15. The van der Waals surface area contributed by atoms with Crippen LogP contribution in [-0.4, -0.2) is 18.2 Å². The van der Waals surface area contributed by atoms with Gasteiger partial charge in [0, 0.05) is 13.1 Å². The first-order valence-electron chi connectivity index (χ1n) is 5.77. The molecule has 0 radical (unpaired) electrons. The summed E-state index contributed by atoms with van der Waals surface area (Å²) in [6.45, 7) is 5.95. The lowest BCUT2D eigenvalue weighted by atomic mass is 10.1. The van der Waals surface area contributed by atoms with Crippen LogP contribution >= 0.6 is 0 Å². The Hall–Kier alpha value is -0.860. The highest BCUT2D eigenvalue weighted by Crippen LogP contribution is 2.17. The molecule has 1 aromatic carbocycles. The van der Waals surface area contributed by atoms with Gasteiger partial charge < -0.3 is 4.74 Å². The van der Waals surface area contributed by atoms with E-state index in [2.05, 4.69) is 36.1 Å². The fourth-order valence-electron chi connectivity index (χ4n) is 1.95. The molecule has 82 valence electrons. The number of fused-ring (bicyclic) bond motifs is 1. The number of ether oxygens (including phenoxy) is 1. The van der Waals surface area contributed by atoms with Gasteiger partial charge >= 0.3 is 0 Å². The third-order valence-electron chi connectivity index (χ3n) is 2.87. The lowest BCUT2D eigenvalue weighted by molar-refractivity contribution is 0.0237. The Kier molecular flexibility index (Phi) is 3.75. The Morgan fingerprint density at radius 3 is 2.87 bits per heavy atom. The highest BCUT2D eigenvalue weighted by Gasteiger charge is 2.12. The number of hydrogen-bond donors (Lipinski definition) is 0. The van der Waals surface area contributed by atoms with E-state index in [1.54, 1.807) is 0 Å². The lowest BCUT2D eigenvalue weighted by Gasteiger charge is -2.18. The monoisotopic (exact) mass is 205 g/mol. The number of nitrogens with zero attached hydrogens (tertiary/aromatic N) is 1. The van der Waals surface area contributed by atoms with Crippen LogP contribution in [0.2, 0.25) is 0 Å². The molecule has 0 aliphatic carbocycles. The molecule has 0 N–H and O–H groups in total. The Balaban J connectivity index is 2.04. The van der Waals surface area contributed by atoms with Crippen LogP contribution in [0, 0.1) is 0 Å². The van der Waals surface area contributed by atoms with Crippen molar-refractivity contribution in [3.63, 3.8) is 0 Å². The zero-order valence-electron chi connectivity index (χ0n) is 9.41. The van der Waals surface area contributed by atoms with Gasteiger partial charge in [-0.05, 0) is 17.5 Å². The van der Waals surface area contributed by atoms with Crippen LogP contribution in [0.5, 0.6) is 0 Å². The summed E-state index contributed by atoms with van der Waals surface area (Å²) in [5.41, 5.74) is 2.77. The van der Waals surface area contributed by atoms with Crippen molar-refractivity contribution >= 4 is 0 Å². The van der Waals surface area contributed by atoms with Gasteiger partial charge in [0.1, 0.15) is 0 Å². The van der Waals surface area contributed by atoms with E-state index in [1.165, 1.54) is 24.0 Å². The predicted octanol–water partition coefficient (Wildman–Crippen LogP) is 2.78. The summed E-state index contributed by atoms with van der Waals surface area (Å²) in [6.07, 6.45) is 2.50. The van der Waals surface area contributed by atoms with Crippen molar-refractivity contribution in [2.45, 2.75) is 32.9 Å². The highest BCUT2D eigenvalue weighted by atomic mass is 16.5. The Morgan fingerprint density at radius 1 is 1.27 bits per heavy atom. The number of benzene rings is 1. The van der Waals surface area contributed by atoms with E-state index in [0.29, 0.717) is 0 Å². The first-order valence-corrected chi connectivity index (χ1v) is 5.77. The summed E-state index contributed by atoms with van der Waals surface area (Å²) in [5.74, 6) is 0. The number of unbranched alkanes of at least 4 members (excludes halogenated alkanes) is 1. The molecule has 0 saturated heterocycles. The molecule has 0 amide bonds. The third kappa shape index (κ3) is 2.80. The minimum atomic E-state index is 0.763. The standard InChI is InChI=1S/C13H19NO/c1-2-3-8-14-9-12-6-4-5-7-13(12)10-15-11-14/h4-7H,2-3,8-11H2,1H3. The molecule has 0 bridgehead atoms. The Labute approximate surface area is 91.9 Å². The van der Waals surface area contributed by atoms with Gasteiger partial charge in [0.05, 0.1) is 13.3 Å². The molecule has 0 aromatic heterocycles. The summed E-state index contributed by atoms with van der Waals surface area (Å²) >= 11 is 0. The number of hydrogen-bond acceptors (Lipinski definition) is 2. The van der Waals surface area contributed by atoms with E-state index in [-0.39, 0.29) is 0 Å². The van der Waals surface area contributed by atoms with Crippen LogP contribution in [0.15, 0.2) is 24.3 Å². The summed E-state index contributed by atoms with van der Waals surface area (Å²) in [5, 5.41) is 0. The largest absolute Gasteiger partial charge is 0.361 e. The smallest absolute Gasteiger partial charge is 0.0997 e. The fraction of sp³-hybridized carbons (Fsp3) is 0.538. The molecule has 15 heavy (non-hydrogen) atoms.